The van der Waals surface area contributed by atoms with Crippen LogP contribution in [0, 0.1) is 0 Å². The Bertz CT molecular complexity index is 604. The normalized spacial score (nSPS) is 12.8. The molecule has 0 amide bonds. The van der Waals surface area contributed by atoms with Crippen LogP contribution in [0.15, 0.2) is 36.4 Å². The minimum absolute atomic E-state index is 0.174. The number of nitrogens with two attached hydrogens (primary N) is 1. The first-order valence-corrected chi connectivity index (χ1v) is 6.04. The van der Waals surface area contributed by atoms with Crippen LogP contribution in [-0.4, -0.2) is 9.97 Å². The molecular formula is C13H13F3N4O. The van der Waals surface area contributed by atoms with Crippen LogP contribution in [-0.2, 0) is 6.18 Å². The molecule has 0 spiro atoms. The van der Waals surface area contributed by atoms with Crippen molar-refractivity contribution in [1.82, 2.24) is 9.97 Å². The summed E-state index contributed by atoms with van der Waals surface area (Å²) in [5, 5.41) is 0. The minimum Gasteiger partial charge on any atom is -0.470 e. The van der Waals surface area contributed by atoms with Crippen LogP contribution >= 0.6 is 0 Å². The van der Waals surface area contributed by atoms with Crippen LogP contribution < -0.4 is 16.0 Å². The molecule has 1 heterocycles. The Morgan fingerprint density at radius 1 is 1.19 bits per heavy atom. The van der Waals surface area contributed by atoms with Crippen molar-refractivity contribution in [2.75, 3.05) is 5.43 Å². The standard InChI is InChI=1S/C13H13F3N4O/c1-8(9-5-3-2-4-6-9)21-11-7-10(20-17)18-12(19-11)13(14,15)16/h2-8H,17H2,1H3,(H,18,19,20). The van der Waals surface area contributed by atoms with Gasteiger partial charge in [0.15, 0.2) is 0 Å². The number of benzene rings is 1. The summed E-state index contributed by atoms with van der Waals surface area (Å²) in [5.74, 6) is 3.42. The number of anilines is 1. The quantitative estimate of drug-likeness (QED) is 0.670. The van der Waals surface area contributed by atoms with Crippen LogP contribution in [0.1, 0.15) is 24.4 Å². The first kappa shape index (κ1) is 15.0. The summed E-state index contributed by atoms with van der Waals surface area (Å²) < 4.78 is 43.5. The third-order valence-electron chi connectivity index (χ3n) is 2.67. The highest BCUT2D eigenvalue weighted by atomic mass is 19.4. The Hall–Kier alpha value is -2.35. The lowest BCUT2D eigenvalue weighted by atomic mass is 10.1. The number of halogens is 3. The summed E-state index contributed by atoms with van der Waals surface area (Å²) in [6, 6.07) is 10.3. The Kier molecular flexibility index (Phi) is 4.27. The monoisotopic (exact) mass is 298 g/mol. The summed E-state index contributed by atoms with van der Waals surface area (Å²) in [7, 11) is 0. The zero-order valence-electron chi connectivity index (χ0n) is 11.1. The highest BCUT2D eigenvalue weighted by molar-refractivity contribution is 5.37. The molecule has 0 fully saturated rings. The number of alkyl halides is 3. The Balaban J connectivity index is 2.27. The van der Waals surface area contributed by atoms with Gasteiger partial charge in [0.05, 0.1) is 0 Å². The highest BCUT2D eigenvalue weighted by Crippen LogP contribution is 2.30. The van der Waals surface area contributed by atoms with E-state index >= 15 is 0 Å². The molecule has 8 heteroatoms. The molecule has 0 saturated heterocycles. The van der Waals surface area contributed by atoms with Crippen LogP contribution in [0.25, 0.3) is 0 Å². The maximum absolute atomic E-state index is 12.7. The van der Waals surface area contributed by atoms with Gasteiger partial charge in [0.1, 0.15) is 11.9 Å². The summed E-state index contributed by atoms with van der Waals surface area (Å²) in [6.07, 6.45) is -5.14. The van der Waals surface area contributed by atoms with E-state index in [0.717, 1.165) is 5.56 Å². The van der Waals surface area contributed by atoms with Crippen molar-refractivity contribution in [2.24, 2.45) is 5.84 Å². The smallest absolute Gasteiger partial charge is 0.451 e. The third kappa shape index (κ3) is 3.82. The molecule has 0 saturated carbocycles. The van der Waals surface area contributed by atoms with Crippen LogP contribution in [0.3, 0.4) is 0 Å². The minimum atomic E-state index is -4.68. The van der Waals surface area contributed by atoms with Crippen molar-refractivity contribution in [3.8, 4) is 5.88 Å². The largest absolute Gasteiger partial charge is 0.470 e. The lowest BCUT2D eigenvalue weighted by Gasteiger charge is -2.16. The van der Waals surface area contributed by atoms with Crippen molar-refractivity contribution >= 4 is 5.82 Å². The molecule has 2 aromatic rings. The Morgan fingerprint density at radius 2 is 1.86 bits per heavy atom. The van der Waals surface area contributed by atoms with Gasteiger partial charge in [-0.3, -0.25) is 0 Å². The third-order valence-corrected chi connectivity index (χ3v) is 2.67. The molecule has 5 nitrogen and oxygen atoms in total. The second-order valence-corrected chi connectivity index (χ2v) is 4.23. The Morgan fingerprint density at radius 3 is 2.43 bits per heavy atom. The lowest BCUT2D eigenvalue weighted by molar-refractivity contribution is -0.145. The van der Waals surface area contributed by atoms with Gasteiger partial charge in [-0.1, -0.05) is 30.3 Å². The van der Waals surface area contributed by atoms with E-state index in [4.69, 9.17) is 10.6 Å². The van der Waals surface area contributed by atoms with Gasteiger partial charge in [-0.05, 0) is 12.5 Å². The molecule has 1 aromatic heterocycles. The van der Waals surface area contributed by atoms with Crippen molar-refractivity contribution in [3.05, 3.63) is 47.8 Å². The van der Waals surface area contributed by atoms with E-state index in [0.29, 0.717) is 0 Å². The van der Waals surface area contributed by atoms with Crippen molar-refractivity contribution in [1.29, 1.82) is 0 Å². The fraction of sp³-hybridized carbons (Fsp3) is 0.231. The molecule has 21 heavy (non-hydrogen) atoms. The number of nitrogen functional groups attached to an aromatic ring is 1. The Labute approximate surface area is 118 Å². The molecule has 0 bridgehead atoms. The van der Waals surface area contributed by atoms with Crippen LogP contribution in [0.5, 0.6) is 5.88 Å². The van der Waals surface area contributed by atoms with Gasteiger partial charge in [-0.2, -0.15) is 18.2 Å². The van der Waals surface area contributed by atoms with Gasteiger partial charge in [0.25, 0.3) is 0 Å². The number of rotatable bonds is 4. The van der Waals surface area contributed by atoms with E-state index < -0.39 is 18.1 Å². The highest BCUT2D eigenvalue weighted by Gasteiger charge is 2.35. The van der Waals surface area contributed by atoms with Crippen molar-refractivity contribution < 1.29 is 17.9 Å². The average Bonchev–Trinajstić information content (AvgIpc) is 2.46. The second kappa shape index (κ2) is 5.96. The van der Waals surface area contributed by atoms with Gasteiger partial charge in [0, 0.05) is 6.07 Å². The SMILES string of the molecule is CC(Oc1cc(NN)nc(C(F)(F)F)n1)c1ccccc1. The molecule has 112 valence electrons. The number of nitrogens with one attached hydrogen (secondary N) is 1. The number of nitrogens with zero attached hydrogens (tertiary/aromatic N) is 2. The molecular weight excluding hydrogens is 285 g/mol. The molecule has 0 aliphatic carbocycles. The number of aromatic nitrogens is 2. The topological polar surface area (TPSA) is 73.1 Å². The van der Waals surface area contributed by atoms with E-state index in [-0.39, 0.29) is 11.7 Å². The number of hydrogen-bond donors (Lipinski definition) is 2. The molecule has 0 aliphatic rings. The van der Waals surface area contributed by atoms with Crippen molar-refractivity contribution in [3.63, 3.8) is 0 Å². The molecule has 1 aromatic carbocycles. The number of hydrogen-bond acceptors (Lipinski definition) is 5. The fourth-order valence-corrected chi connectivity index (χ4v) is 1.66. The second-order valence-electron chi connectivity index (χ2n) is 4.23. The van der Waals surface area contributed by atoms with Gasteiger partial charge in [0.2, 0.25) is 11.7 Å². The van der Waals surface area contributed by atoms with E-state index in [1.165, 1.54) is 6.07 Å². The molecule has 3 N–H and O–H groups in total. The average molecular weight is 298 g/mol. The van der Waals surface area contributed by atoms with Gasteiger partial charge in [-0.25, -0.2) is 10.8 Å². The predicted molar refractivity (Wildman–Crippen MR) is 70.3 cm³/mol. The van der Waals surface area contributed by atoms with E-state index in [9.17, 15) is 13.2 Å². The summed E-state index contributed by atoms with van der Waals surface area (Å²) in [5.41, 5.74) is 2.87. The number of hydrazine groups is 1. The fourth-order valence-electron chi connectivity index (χ4n) is 1.66. The zero-order chi connectivity index (χ0) is 15.5. The van der Waals surface area contributed by atoms with Crippen molar-refractivity contribution in [2.45, 2.75) is 19.2 Å². The first-order chi connectivity index (χ1) is 9.90. The lowest BCUT2D eigenvalue weighted by Crippen LogP contribution is -2.17. The van der Waals surface area contributed by atoms with Crippen LogP contribution in [0.2, 0.25) is 0 Å². The molecule has 2 rings (SSSR count). The van der Waals surface area contributed by atoms with Gasteiger partial charge >= 0.3 is 6.18 Å². The molecule has 0 aliphatic heterocycles. The molecule has 0 radical (unpaired) electrons. The number of ether oxygens (including phenoxy) is 1. The van der Waals surface area contributed by atoms with E-state index in [2.05, 4.69) is 15.4 Å². The maximum Gasteiger partial charge on any atom is 0.451 e. The maximum atomic E-state index is 12.7. The first-order valence-electron chi connectivity index (χ1n) is 6.04. The predicted octanol–water partition coefficient (Wildman–Crippen LogP) is 2.92. The van der Waals surface area contributed by atoms with Crippen LogP contribution in [0.4, 0.5) is 19.0 Å². The molecule has 1 atom stereocenters. The van der Waals surface area contributed by atoms with Gasteiger partial charge < -0.3 is 10.2 Å². The van der Waals surface area contributed by atoms with Gasteiger partial charge in [-0.15, -0.1) is 0 Å². The zero-order valence-corrected chi connectivity index (χ0v) is 11.1. The van der Waals surface area contributed by atoms with E-state index in [1.807, 2.05) is 18.2 Å². The van der Waals surface area contributed by atoms with E-state index in [1.54, 1.807) is 19.1 Å². The molecule has 1 unspecified atom stereocenters. The summed E-state index contributed by atoms with van der Waals surface area (Å²) in [4.78, 5) is 6.62. The summed E-state index contributed by atoms with van der Waals surface area (Å²) >= 11 is 0. The summed E-state index contributed by atoms with van der Waals surface area (Å²) in [6.45, 7) is 1.71.